The van der Waals surface area contributed by atoms with Crippen molar-refractivity contribution in [3.05, 3.63) is 46.6 Å². The van der Waals surface area contributed by atoms with Gasteiger partial charge in [-0.3, -0.25) is 0 Å². The first-order valence-corrected chi connectivity index (χ1v) is 9.56. The van der Waals surface area contributed by atoms with E-state index in [9.17, 15) is 0 Å². The van der Waals surface area contributed by atoms with Crippen LogP contribution in [0.5, 0.6) is 0 Å². The standard InChI is InChI=1S/C19H24ClN5O/c20-15-11-13(16-3-1-7-22-16)4-5-14(15)17-12-26-10-2-9-25(17)18-6-8-23-19(21)24-18/h4-6,8,11,16-17,22H,1-3,7,9-10,12H2,(H2,21,23,24). The van der Waals surface area contributed by atoms with E-state index < -0.39 is 0 Å². The Kier molecular flexibility index (Phi) is 5.24. The highest BCUT2D eigenvalue weighted by Crippen LogP contribution is 2.35. The smallest absolute Gasteiger partial charge is 0.221 e. The minimum absolute atomic E-state index is 0.00453. The zero-order valence-corrected chi connectivity index (χ0v) is 15.5. The second-order valence-electron chi connectivity index (χ2n) is 6.84. The van der Waals surface area contributed by atoms with Gasteiger partial charge >= 0.3 is 0 Å². The summed E-state index contributed by atoms with van der Waals surface area (Å²) < 4.78 is 5.84. The van der Waals surface area contributed by atoms with Crippen LogP contribution in [0.15, 0.2) is 30.5 Å². The van der Waals surface area contributed by atoms with Crippen LogP contribution in [0, 0.1) is 0 Å². The lowest BCUT2D eigenvalue weighted by Crippen LogP contribution is -2.31. The fourth-order valence-corrected chi connectivity index (χ4v) is 4.15. The summed E-state index contributed by atoms with van der Waals surface area (Å²) >= 11 is 6.71. The molecule has 6 nitrogen and oxygen atoms in total. The maximum Gasteiger partial charge on any atom is 0.221 e. The molecule has 0 spiro atoms. The summed E-state index contributed by atoms with van der Waals surface area (Å²) in [6.07, 6.45) is 5.00. The topological polar surface area (TPSA) is 76.3 Å². The van der Waals surface area contributed by atoms with Crippen LogP contribution in [-0.2, 0) is 4.74 Å². The molecule has 3 N–H and O–H groups in total. The molecule has 2 fully saturated rings. The molecule has 4 rings (SSSR count). The molecular formula is C19H24ClN5O. The van der Waals surface area contributed by atoms with E-state index >= 15 is 0 Å². The van der Waals surface area contributed by atoms with Gasteiger partial charge in [0.15, 0.2) is 0 Å². The molecule has 1 aromatic carbocycles. The van der Waals surface area contributed by atoms with Crippen molar-refractivity contribution in [1.82, 2.24) is 15.3 Å². The van der Waals surface area contributed by atoms with Crippen LogP contribution in [0.3, 0.4) is 0 Å². The summed E-state index contributed by atoms with van der Waals surface area (Å²) in [7, 11) is 0. The lowest BCUT2D eigenvalue weighted by atomic mass is 9.99. The Morgan fingerprint density at radius 3 is 2.96 bits per heavy atom. The summed E-state index contributed by atoms with van der Waals surface area (Å²) in [6.45, 7) is 3.21. The Labute approximate surface area is 158 Å². The van der Waals surface area contributed by atoms with Crippen molar-refractivity contribution in [2.45, 2.75) is 31.3 Å². The van der Waals surface area contributed by atoms with Gasteiger partial charge in [-0.15, -0.1) is 0 Å². The zero-order chi connectivity index (χ0) is 17.9. The number of rotatable bonds is 3. The van der Waals surface area contributed by atoms with Gasteiger partial charge in [-0.25, -0.2) is 4.98 Å². The molecule has 138 valence electrons. The summed E-state index contributed by atoms with van der Waals surface area (Å²) in [6, 6.07) is 8.71. The average molecular weight is 374 g/mol. The lowest BCUT2D eigenvalue weighted by molar-refractivity contribution is 0.134. The van der Waals surface area contributed by atoms with Crippen molar-refractivity contribution in [3.63, 3.8) is 0 Å². The minimum Gasteiger partial charge on any atom is -0.379 e. The molecular weight excluding hydrogens is 350 g/mol. The molecule has 2 saturated heterocycles. The Bertz CT molecular complexity index is 765. The Morgan fingerprint density at radius 2 is 2.19 bits per heavy atom. The molecule has 0 aliphatic carbocycles. The first-order chi connectivity index (χ1) is 12.7. The van der Waals surface area contributed by atoms with E-state index in [1.54, 1.807) is 6.20 Å². The fourth-order valence-electron chi connectivity index (χ4n) is 3.83. The summed E-state index contributed by atoms with van der Waals surface area (Å²) in [5.74, 6) is 1.09. The molecule has 2 aliphatic rings. The number of aromatic nitrogens is 2. The van der Waals surface area contributed by atoms with Gasteiger partial charge in [0.2, 0.25) is 5.95 Å². The quantitative estimate of drug-likeness (QED) is 0.860. The van der Waals surface area contributed by atoms with E-state index in [0.717, 1.165) is 48.9 Å². The van der Waals surface area contributed by atoms with Gasteiger partial charge in [0.25, 0.3) is 0 Å². The van der Waals surface area contributed by atoms with Crippen LogP contribution in [0.2, 0.25) is 5.02 Å². The molecule has 0 bridgehead atoms. The van der Waals surface area contributed by atoms with Crippen LogP contribution in [-0.4, -0.2) is 36.3 Å². The van der Waals surface area contributed by atoms with Crippen molar-refractivity contribution in [1.29, 1.82) is 0 Å². The maximum atomic E-state index is 6.71. The predicted octanol–water partition coefficient (Wildman–Crippen LogP) is 3.10. The van der Waals surface area contributed by atoms with E-state index in [1.165, 1.54) is 12.0 Å². The average Bonchev–Trinajstić information content (AvgIpc) is 3.07. The number of nitrogens with zero attached hydrogens (tertiary/aromatic N) is 3. The molecule has 7 heteroatoms. The minimum atomic E-state index is 0.00453. The van der Waals surface area contributed by atoms with Crippen molar-refractivity contribution < 1.29 is 4.74 Å². The lowest BCUT2D eigenvalue weighted by Gasteiger charge is -2.31. The molecule has 26 heavy (non-hydrogen) atoms. The third kappa shape index (κ3) is 3.63. The number of hydrogen-bond acceptors (Lipinski definition) is 6. The fraction of sp³-hybridized carbons (Fsp3) is 0.474. The number of nitrogen functional groups attached to an aromatic ring is 1. The number of hydrogen-bond donors (Lipinski definition) is 2. The van der Waals surface area contributed by atoms with Gasteiger partial charge in [0.05, 0.1) is 12.6 Å². The zero-order valence-electron chi connectivity index (χ0n) is 14.7. The van der Waals surface area contributed by atoms with Crippen LogP contribution in [0.4, 0.5) is 11.8 Å². The third-order valence-electron chi connectivity index (χ3n) is 5.14. The van der Waals surface area contributed by atoms with E-state index in [0.29, 0.717) is 12.6 Å². The highest BCUT2D eigenvalue weighted by molar-refractivity contribution is 6.31. The summed E-state index contributed by atoms with van der Waals surface area (Å²) in [5, 5.41) is 4.30. The van der Waals surface area contributed by atoms with Crippen molar-refractivity contribution in [2.24, 2.45) is 0 Å². The molecule has 2 atom stereocenters. The van der Waals surface area contributed by atoms with Gasteiger partial charge < -0.3 is 20.7 Å². The van der Waals surface area contributed by atoms with Crippen LogP contribution in [0.25, 0.3) is 0 Å². The Morgan fingerprint density at radius 1 is 1.27 bits per heavy atom. The van der Waals surface area contributed by atoms with Gasteiger partial charge in [-0.1, -0.05) is 23.7 Å². The van der Waals surface area contributed by atoms with Gasteiger partial charge in [0, 0.05) is 30.4 Å². The van der Waals surface area contributed by atoms with Crippen molar-refractivity contribution in [3.8, 4) is 0 Å². The first-order valence-electron chi connectivity index (χ1n) is 9.18. The van der Waals surface area contributed by atoms with Crippen LogP contribution < -0.4 is 16.0 Å². The molecule has 2 unspecified atom stereocenters. The number of anilines is 2. The second kappa shape index (κ2) is 7.78. The van der Waals surface area contributed by atoms with Crippen molar-refractivity contribution >= 4 is 23.4 Å². The van der Waals surface area contributed by atoms with Gasteiger partial charge in [-0.05, 0) is 49.1 Å². The number of ether oxygens (including phenoxy) is 1. The largest absolute Gasteiger partial charge is 0.379 e. The summed E-state index contributed by atoms with van der Waals surface area (Å²) in [5.41, 5.74) is 8.11. The van der Waals surface area contributed by atoms with E-state index in [2.05, 4.69) is 38.4 Å². The Hall–Kier alpha value is -1.89. The molecule has 0 saturated carbocycles. The number of nitrogens with two attached hydrogens (primary N) is 1. The predicted molar refractivity (Wildman–Crippen MR) is 103 cm³/mol. The maximum absolute atomic E-state index is 6.71. The molecule has 0 amide bonds. The molecule has 0 radical (unpaired) electrons. The first kappa shape index (κ1) is 17.5. The van der Waals surface area contributed by atoms with E-state index in [1.807, 2.05) is 6.07 Å². The highest BCUT2D eigenvalue weighted by Gasteiger charge is 2.27. The molecule has 1 aromatic heterocycles. The molecule has 2 aliphatic heterocycles. The molecule has 2 aromatic rings. The van der Waals surface area contributed by atoms with E-state index in [4.69, 9.17) is 22.1 Å². The number of halogens is 1. The normalized spacial score (nSPS) is 23.8. The number of nitrogens with one attached hydrogen (secondary N) is 1. The SMILES string of the molecule is Nc1nccc(N2CCCOCC2c2ccc(C3CCCN3)cc2Cl)n1. The van der Waals surface area contributed by atoms with Crippen LogP contribution >= 0.6 is 11.6 Å². The van der Waals surface area contributed by atoms with Gasteiger partial charge in [0.1, 0.15) is 5.82 Å². The van der Waals surface area contributed by atoms with E-state index in [-0.39, 0.29) is 12.0 Å². The summed E-state index contributed by atoms with van der Waals surface area (Å²) in [4.78, 5) is 10.6. The number of benzene rings is 1. The molecule has 3 heterocycles. The van der Waals surface area contributed by atoms with Crippen LogP contribution in [0.1, 0.15) is 42.5 Å². The second-order valence-corrected chi connectivity index (χ2v) is 7.25. The van der Waals surface area contributed by atoms with Gasteiger partial charge in [-0.2, -0.15) is 4.98 Å². The third-order valence-corrected chi connectivity index (χ3v) is 5.47. The van der Waals surface area contributed by atoms with Crippen molar-refractivity contribution in [2.75, 3.05) is 36.9 Å². The monoisotopic (exact) mass is 373 g/mol. The highest BCUT2D eigenvalue weighted by atomic mass is 35.5. The Balaban J connectivity index is 1.66.